The first-order valence-electron chi connectivity index (χ1n) is 17.1. The molecule has 0 fully saturated rings. The van der Waals surface area contributed by atoms with Crippen molar-refractivity contribution in [1.82, 2.24) is 60.6 Å². The second-order valence-electron chi connectivity index (χ2n) is 12.6. The molecule has 16 nitrogen and oxygen atoms in total. The van der Waals surface area contributed by atoms with E-state index < -0.39 is 76.0 Å². The van der Waals surface area contributed by atoms with Crippen LogP contribution in [0.25, 0.3) is 0 Å². The maximum absolute atomic E-state index is 12.7. The highest BCUT2D eigenvalue weighted by molar-refractivity contribution is 5.82. The van der Waals surface area contributed by atoms with Gasteiger partial charge in [0.1, 0.15) is 6.29 Å². The molecule has 0 unspecified atom stereocenters. The zero-order chi connectivity index (χ0) is 50.9. The van der Waals surface area contributed by atoms with E-state index in [1.165, 1.54) is 18.9 Å². The Morgan fingerprint density at radius 3 is 1.16 bits per heavy atom. The van der Waals surface area contributed by atoms with Gasteiger partial charge in [0.05, 0.1) is 54.5 Å². The van der Waals surface area contributed by atoms with Crippen LogP contribution in [0, 0.1) is 0 Å². The van der Waals surface area contributed by atoms with Gasteiger partial charge in [0.2, 0.25) is 0 Å². The number of aromatic nitrogens is 12. The van der Waals surface area contributed by atoms with Crippen LogP contribution in [0.4, 0.5) is 96.9 Å². The van der Waals surface area contributed by atoms with Crippen molar-refractivity contribution >= 4 is 30.3 Å². The topological polar surface area (TPSA) is 198 Å². The predicted octanol–water partition coefficient (Wildman–Crippen LogP) is 8.19. The molecule has 0 aliphatic rings. The summed E-state index contributed by atoms with van der Waals surface area (Å²) >= 11 is 0. The second kappa shape index (κ2) is 20.8. The SMILES string of the molecule is Cn1nnc(N)n1.Cn1nnc(N=Cc2cc(C(F)(F)F)cc(C(F)(F)F)c2)n1.Cn1nnc(NCc2cc(C(F)(F)F)cc(C(F)(F)F)c2)n1.O=Cc1cc(C(F)(F)F)cc(C(F)(F)F)c1. The fourth-order valence-electron chi connectivity index (χ4n) is 4.51. The molecule has 3 heterocycles. The number of rotatable bonds is 6. The fraction of sp³-hybridized carbons (Fsp3) is 0.303. The van der Waals surface area contributed by atoms with E-state index in [0.717, 1.165) is 15.8 Å². The minimum absolute atomic E-state index is 0.00605. The third-order valence-corrected chi connectivity index (χ3v) is 7.31. The molecule has 0 saturated heterocycles. The number of halogens is 18. The normalized spacial score (nSPS) is 12.4. The number of carbonyl (C=O) groups excluding carboxylic acids is 1. The van der Waals surface area contributed by atoms with Crippen LogP contribution >= 0.6 is 0 Å². The molecular formula is C33H25F18N15O. The number of nitrogens with zero attached hydrogens (tertiary/aromatic N) is 13. The monoisotopic (exact) mass is 989 g/mol. The van der Waals surface area contributed by atoms with Gasteiger partial charge in [-0.3, -0.25) is 4.79 Å². The summed E-state index contributed by atoms with van der Waals surface area (Å²) in [5.41, 5.74) is -4.74. The van der Waals surface area contributed by atoms with E-state index >= 15 is 0 Å². The number of nitrogen functional groups attached to an aromatic ring is 1. The first kappa shape index (κ1) is 53.9. The Morgan fingerprint density at radius 2 is 0.866 bits per heavy atom. The standard InChI is InChI=1S/C11H9F6N5.C11H7F6N5.C9H4F6O.C2H5N5/c2*1-22-20-9(19-21-22)18-5-6-2-7(10(12,13)14)4-8(3-6)11(15,16)17;10-8(11,12)6-1-5(4-16)2-7(3-6)9(13,14)15;1-7-5-2(3)4-6-7/h2-4H,5H2,1H3,(H,18,20);2-5H,1H3;1-4H;1H3,(H2,3,5). The quantitative estimate of drug-likeness (QED) is 0.0923. The Morgan fingerprint density at radius 1 is 0.507 bits per heavy atom. The van der Waals surface area contributed by atoms with Gasteiger partial charge in [0, 0.05) is 18.3 Å². The molecule has 3 N–H and O–H groups in total. The van der Waals surface area contributed by atoms with Gasteiger partial charge >= 0.3 is 37.1 Å². The van der Waals surface area contributed by atoms with Gasteiger partial charge in [0.25, 0.3) is 17.8 Å². The number of nitrogens with one attached hydrogen (secondary N) is 1. The van der Waals surface area contributed by atoms with Crippen LogP contribution in [0.2, 0.25) is 0 Å². The number of nitrogens with two attached hydrogens (primary N) is 1. The zero-order valence-corrected chi connectivity index (χ0v) is 33.2. The number of aliphatic imine (C=N–C) groups is 1. The third-order valence-electron chi connectivity index (χ3n) is 7.31. The molecule has 6 aromatic rings. The van der Waals surface area contributed by atoms with E-state index in [1.807, 2.05) is 0 Å². The smallest absolute Gasteiger partial charge is 0.365 e. The number of carbonyl (C=O) groups is 1. The molecule has 3 aromatic heterocycles. The minimum Gasteiger partial charge on any atom is -0.365 e. The summed E-state index contributed by atoms with van der Waals surface area (Å²) in [7, 11) is 4.55. The largest absolute Gasteiger partial charge is 0.416 e. The molecule has 0 atom stereocenters. The average molecular weight is 990 g/mol. The van der Waals surface area contributed by atoms with Crippen LogP contribution < -0.4 is 11.1 Å². The number of tetrazole rings is 3. The molecule has 6 rings (SSSR count). The molecule has 0 saturated carbocycles. The lowest BCUT2D eigenvalue weighted by molar-refractivity contribution is -0.144. The van der Waals surface area contributed by atoms with Crippen molar-refractivity contribution in [3.8, 4) is 0 Å². The van der Waals surface area contributed by atoms with Gasteiger partial charge in [-0.25, -0.2) is 4.99 Å². The van der Waals surface area contributed by atoms with Gasteiger partial charge in [0.15, 0.2) is 0 Å². The molecule has 364 valence electrons. The van der Waals surface area contributed by atoms with Gasteiger partial charge < -0.3 is 11.1 Å². The highest BCUT2D eigenvalue weighted by Gasteiger charge is 2.39. The van der Waals surface area contributed by atoms with Crippen LogP contribution in [-0.2, 0) is 64.7 Å². The third kappa shape index (κ3) is 17.5. The number of aryl methyl sites for hydroxylation is 3. The van der Waals surface area contributed by atoms with Crippen molar-refractivity contribution in [2.24, 2.45) is 26.1 Å². The summed E-state index contributed by atoms with van der Waals surface area (Å²) < 4.78 is 225. The molecule has 67 heavy (non-hydrogen) atoms. The first-order chi connectivity index (χ1) is 30.5. The molecule has 0 aliphatic carbocycles. The van der Waals surface area contributed by atoms with Crippen molar-refractivity contribution in [2.45, 2.75) is 43.6 Å². The average Bonchev–Trinajstić information content (AvgIpc) is 3.94. The summed E-state index contributed by atoms with van der Waals surface area (Å²) in [6.07, 6.45) is -28.7. The lowest BCUT2D eigenvalue weighted by Crippen LogP contribution is -2.13. The van der Waals surface area contributed by atoms with Crippen LogP contribution in [-0.4, -0.2) is 73.1 Å². The molecule has 0 radical (unpaired) electrons. The summed E-state index contributed by atoms with van der Waals surface area (Å²) in [5, 5.41) is 34.1. The van der Waals surface area contributed by atoms with E-state index in [4.69, 9.17) is 5.73 Å². The van der Waals surface area contributed by atoms with Crippen LogP contribution in [0.5, 0.6) is 0 Å². The molecule has 34 heteroatoms. The Bertz CT molecular complexity index is 2490. The Labute approximate surface area is 360 Å². The fourth-order valence-corrected chi connectivity index (χ4v) is 4.51. The number of anilines is 2. The maximum Gasteiger partial charge on any atom is 0.416 e. The maximum atomic E-state index is 12.7. The Kier molecular flexibility index (Phi) is 16.7. The van der Waals surface area contributed by atoms with Gasteiger partial charge in [-0.05, 0) is 81.4 Å². The highest BCUT2D eigenvalue weighted by atomic mass is 19.4. The summed E-state index contributed by atoms with van der Waals surface area (Å²) in [4.78, 5) is 17.2. The van der Waals surface area contributed by atoms with E-state index in [1.54, 1.807) is 7.05 Å². The predicted molar refractivity (Wildman–Crippen MR) is 190 cm³/mol. The first-order valence-corrected chi connectivity index (χ1v) is 17.1. The number of alkyl halides is 18. The Hall–Kier alpha value is -7.45. The van der Waals surface area contributed by atoms with E-state index in [-0.39, 0.29) is 60.0 Å². The van der Waals surface area contributed by atoms with Crippen molar-refractivity contribution in [1.29, 1.82) is 0 Å². The van der Waals surface area contributed by atoms with Gasteiger partial charge in [-0.1, -0.05) is 15.3 Å². The van der Waals surface area contributed by atoms with E-state index in [9.17, 15) is 83.8 Å². The number of hydrogen-bond donors (Lipinski definition) is 2. The van der Waals surface area contributed by atoms with E-state index in [0.29, 0.717) is 36.4 Å². The number of aldehydes is 1. The van der Waals surface area contributed by atoms with Crippen molar-refractivity contribution < 1.29 is 83.8 Å². The number of benzene rings is 3. The number of hydrogen-bond acceptors (Lipinski definition) is 13. The molecule has 0 spiro atoms. The van der Waals surface area contributed by atoms with E-state index in [2.05, 4.69) is 56.5 Å². The molecular weight excluding hydrogens is 964 g/mol. The molecule has 0 aliphatic heterocycles. The van der Waals surface area contributed by atoms with Crippen molar-refractivity contribution in [3.63, 3.8) is 0 Å². The highest BCUT2D eigenvalue weighted by Crippen LogP contribution is 2.39. The summed E-state index contributed by atoms with van der Waals surface area (Å²) in [5.74, 6) is 0.0180. The second-order valence-corrected chi connectivity index (χ2v) is 12.6. The van der Waals surface area contributed by atoms with Crippen LogP contribution in [0.1, 0.15) is 54.9 Å². The van der Waals surface area contributed by atoms with Crippen molar-refractivity contribution in [2.75, 3.05) is 11.1 Å². The zero-order valence-electron chi connectivity index (χ0n) is 33.2. The lowest BCUT2D eigenvalue weighted by Gasteiger charge is -2.14. The van der Waals surface area contributed by atoms with Gasteiger partial charge in [-0.15, -0.1) is 15.3 Å². The Balaban J connectivity index is 0.000000251. The summed E-state index contributed by atoms with van der Waals surface area (Å²) in [6.45, 7) is -0.307. The van der Waals surface area contributed by atoms with Crippen molar-refractivity contribution in [3.05, 3.63) is 105 Å². The van der Waals surface area contributed by atoms with Crippen LogP contribution in [0.15, 0.2) is 59.6 Å². The lowest BCUT2D eigenvalue weighted by atomic mass is 10.0. The summed E-state index contributed by atoms with van der Waals surface area (Å²) in [6, 6.07) is 3.18. The molecule has 3 aromatic carbocycles. The van der Waals surface area contributed by atoms with Gasteiger partial charge in [-0.2, -0.15) is 93.4 Å². The molecule has 0 bridgehead atoms. The molecule has 0 amide bonds. The minimum atomic E-state index is -4.92. The van der Waals surface area contributed by atoms with Crippen LogP contribution in [0.3, 0.4) is 0 Å².